The Morgan fingerprint density at radius 1 is 1.55 bits per heavy atom. The number of nitrogens with zero attached hydrogens (tertiary/aromatic N) is 3. The van der Waals surface area contributed by atoms with Crippen LogP contribution >= 0.6 is 23.1 Å². The molecule has 0 bridgehead atoms. The lowest BCUT2D eigenvalue weighted by Crippen LogP contribution is -2.16. The van der Waals surface area contributed by atoms with Gasteiger partial charge in [-0.2, -0.15) is 0 Å². The maximum Gasteiger partial charge on any atom is 0.293 e. The molecule has 0 aliphatic heterocycles. The summed E-state index contributed by atoms with van der Waals surface area (Å²) in [6.07, 6.45) is 0. The van der Waals surface area contributed by atoms with E-state index in [0.717, 1.165) is 0 Å². The molecule has 2 aromatic rings. The van der Waals surface area contributed by atoms with Crippen LogP contribution in [0.3, 0.4) is 0 Å². The second kappa shape index (κ2) is 6.44. The number of aryl methyl sites for hydroxylation is 1. The van der Waals surface area contributed by atoms with Crippen molar-refractivity contribution in [2.75, 3.05) is 11.1 Å². The van der Waals surface area contributed by atoms with Gasteiger partial charge in [-0.25, -0.2) is 0 Å². The average molecular weight is 310 g/mol. The van der Waals surface area contributed by atoms with Crippen LogP contribution in [0.2, 0.25) is 0 Å². The highest BCUT2D eigenvalue weighted by molar-refractivity contribution is 8.01. The number of anilines is 1. The van der Waals surface area contributed by atoms with Crippen molar-refractivity contribution in [3.63, 3.8) is 0 Å². The zero-order valence-corrected chi connectivity index (χ0v) is 12.0. The number of nitro groups is 1. The normalized spacial score (nSPS) is 10.2. The van der Waals surface area contributed by atoms with E-state index < -0.39 is 4.92 Å². The molecule has 1 heterocycles. The molecule has 0 atom stereocenters. The number of carbonyl (C=O) groups is 1. The third-order valence-corrected chi connectivity index (χ3v) is 4.24. The van der Waals surface area contributed by atoms with Crippen molar-refractivity contribution in [1.29, 1.82) is 0 Å². The monoisotopic (exact) mass is 310 g/mol. The van der Waals surface area contributed by atoms with Gasteiger partial charge in [0.25, 0.3) is 5.69 Å². The predicted octanol–water partition coefficient (Wildman–Crippen LogP) is 2.49. The van der Waals surface area contributed by atoms with E-state index in [9.17, 15) is 14.9 Å². The van der Waals surface area contributed by atoms with E-state index in [0.29, 0.717) is 9.90 Å². The zero-order chi connectivity index (χ0) is 14.5. The van der Waals surface area contributed by atoms with Crippen molar-refractivity contribution in [3.8, 4) is 0 Å². The van der Waals surface area contributed by atoms with Gasteiger partial charge in [0.15, 0.2) is 4.34 Å². The van der Waals surface area contributed by atoms with Crippen LogP contribution < -0.4 is 5.32 Å². The fourth-order valence-corrected chi connectivity index (χ4v) is 2.78. The van der Waals surface area contributed by atoms with Gasteiger partial charge in [-0.15, -0.1) is 10.2 Å². The zero-order valence-electron chi connectivity index (χ0n) is 10.4. The summed E-state index contributed by atoms with van der Waals surface area (Å²) in [5.41, 5.74) is 2.35. The van der Waals surface area contributed by atoms with Gasteiger partial charge in [-0.05, 0) is 12.5 Å². The molecular formula is C11H10N4O3S2. The summed E-state index contributed by atoms with van der Waals surface area (Å²) in [5.74, 6) is -0.191. The van der Waals surface area contributed by atoms with Crippen LogP contribution in [0.1, 0.15) is 5.56 Å². The van der Waals surface area contributed by atoms with Gasteiger partial charge in [0.1, 0.15) is 11.2 Å². The molecule has 0 radical (unpaired) electrons. The summed E-state index contributed by atoms with van der Waals surface area (Å²) in [7, 11) is 0. The second-order valence-corrected chi connectivity index (χ2v) is 5.82. The Bertz CT molecular complexity index is 631. The number of rotatable bonds is 5. The molecule has 1 aromatic carbocycles. The molecule has 7 nitrogen and oxygen atoms in total. The Kier molecular flexibility index (Phi) is 4.64. The largest absolute Gasteiger partial charge is 0.319 e. The molecule has 1 amide bonds. The summed E-state index contributed by atoms with van der Waals surface area (Å²) >= 11 is 2.57. The smallest absolute Gasteiger partial charge is 0.293 e. The summed E-state index contributed by atoms with van der Waals surface area (Å²) in [5, 5.41) is 21.0. The highest BCUT2D eigenvalue weighted by Crippen LogP contribution is 2.28. The third-order valence-electron chi connectivity index (χ3n) is 2.38. The molecule has 1 aromatic heterocycles. The van der Waals surface area contributed by atoms with Crippen molar-refractivity contribution in [3.05, 3.63) is 39.4 Å². The standard InChI is InChI=1S/C11H10N4O3S2/c1-7-3-2-4-8(15(17)18)10(7)13-9(16)5-19-11-14-12-6-20-11/h2-4,6H,5H2,1H3,(H,13,16). The quantitative estimate of drug-likeness (QED) is 0.517. The predicted molar refractivity (Wildman–Crippen MR) is 77.1 cm³/mol. The Hall–Kier alpha value is -2.00. The van der Waals surface area contributed by atoms with Crippen LogP contribution in [-0.2, 0) is 4.79 Å². The Balaban J connectivity index is 2.06. The molecule has 104 valence electrons. The van der Waals surface area contributed by atoms with Crippen LogP contribution in [0.5, 0.6) is 0 Å². The molecule has 0 unspecified atom stereocenters. The molecule has 0 saturated heterocycles. The van der Waals surface area contributed by atoms with Crippen LogP contribution in [0.15, 0.2) is 28.0 Å². The van der Waals surface area contributed by atoms with Crippen LogP contribution in [0.4, 0.5) is 11.4 Å². The Labute approximate surface area is 122 Å². The van der Waals surface area contributed by atoms with Crippen molar-refractivity contribution in [2.24, 2.45) is 0 Å². The Morgan fingerprint density at radius 3 is 3.00 bits per heavy atom. The summed E-state index contributed by atoms with van der Waals surface area (Å²) < 4.78 is 0.680. The van der Waals surface area contributed by atoms with E-state index >= 15 is 0 Å². The molecule has 0 saturated carbocycles. The number of amides is 1. The summed E-state index contributed by atoms with van der Waals surface area (Å²) in [6, 6.07) is 4.65. The molecule has 1 N–H and O–H groups in total. The molecule has 9 heteroatoms. The molecule has 0 aliphatic rings. The van der Waals surface area contributed by atoms with E-state index in [1.165, 1.54) is 29.2 Å². The van der Waals surface area contributed by atoms with E-state index in [2.05, 4.69) is 15.5 Å². The SMILES string of the molecule is Cc1cccc([N+](=O)[O-])c1NC(=O)CSc1nncs1. The van der Waals surface area contributed by atoms with Gasteiger partial charge in [-0.1, -0.05) is 35.2 Å². The minimum absolute atomic E-state index is 0.112. The number of thioether (sulfide) groups is 1. The van der Waals surface area contributed by atoms with Gasteiger partial charge in [0, 0.05) is 6.07 Å². The lowest BCUT2D eigenvalue weighted by Gasteiger charge is -2.08. The van der Waals surface area contributed by atoms with Gasteiger partial charge >= 0.3 is 0 Å². The maximum absolute atomic E-state index is 11.8. The number of nitro benzene ring substituents is 1. The van der Waals surface area contributed by atoms with Gasteiger partial charge < -0.3 is 5.32 Å². The first-order chi connectivity index (χ1) is 9.58. The summed E-state index contributed by atoms with van der Waals surface area (Å²) in [4.78, 5) is 22.3. The fourth-order valence-electron chi connectivity index (χ4n) is 1.50. The van der Waals surface area contributed by atoms with Crippen LogP contribution in [0, 0.1) is 17.0 Å². The lowest BCUT2D eigenvalue weighted by molar-refractivity contribution is -0.384. The third kappa shape index (κ3) is 3.52. The highest BCUT2D eigenvalue weighted by Gasteiger charge is 2.17. The topological polar surface area (TPSA) is 98.0 Å². The van der Waals surface area contributed by atoms with Crippen molar-refractivity contribution in [1.82, 2.24) is 10.2 Å². The fraction of sp³-hybridized carbons (Fsp3) is 0.182. The molecular weight excluding hydrogens is 300 g/mol. The van der Waals surface area contributed by atoms with Crippen molar-refractivity contribution < 1.29 is 9.72 Å². The second-order valence-electron chi connectivity index (χ2n) is 3.77. The van der Waals surface area contributed by atoms with Crippen LogP contribution in [-0.4, -0.2) is 26.8 Å². The van der Waals surface area contributed by atoms with Crippen molar-refractivity contribution in [2.45, 2.75) is 11.3 Å². The van der Waals surface area contributed by atoms with Crippen molar-refractivity contribution >= 4 is 40.4 Å². The van der Waals surface area contributed by atoms with E-state index in [-0.39, 0.29) is 23.0 Å². The highest BCUT2D eigenvalue weighted by atomic mass is 32.2. The number of carbonyl (C=O) groups excluding carboxylic acids is 1. The van der Waals surface area contributed by atoms with E-state index in [1.807, 2.05) is 0 Å². The summed E-state index contributed by atoms with van der Waals surface area (Å²) in [6.45, 7) is 1.71. The first kappa shape index (κ1) is 14.4. The molecule has 0 fully saturated rings. The number of nitrogens with one attached hydrogen (secondary N) is 1. The van der Waals surface area contributed by atoms with E-state index in [1.54, 1.807) is 24.6 Å². The Morgan fingerprint density at radius 2 is 2.35 bits per heavy atom. The first-order valence-corrected chi connectivity index (χ1v) is 7.37. The lowest BCUT2D eigenvalue weighted by atomic mass is 10.1. The molecule has 0 spiro atoms. The maximum atomic E-state index is 11.8. The van der Waals surface area contributed by atoms with E-state index in [4.69, 9.17) is 0 Å². The van der Waals surface area contributed by atoms with Crippen LogP contribution in [0.25, 0.3) is 0 Å². The minimum Gasteiger partial charge on any atom is -0.319 e. The number of aromatic nitrogens is 2. The van der Waals surface area contributed by atoms with Gasteiger partial charge in [0.05, 0.1) is 10.7 Å². The van der Waals surface area contributed by atoms with Gasteiger partial charge in [0.2, 0.25) is 5.91 Å². The molecule has 20 heavy (non-hydrogen) atoms. The number of hydrogen-bond acceptors (Lipinski definition) is 7. The minimum atomic E-state index is -0.513. The molecule has 2 rings (SSSR count). The number of para-hydroxylation sites is 1. The van der Waals surface area contributed by atoms with Gasteiger partial charge in [-0.3, -0.25) is 14.9 Å². The molecule has 0 aliphatic carbocycles. The number of hydrogen-bond donors (Lipinski definition) is 1. The average Bonchev–Trinajstić information content (AvgIpc) is 2.91. The number of benzene rings is 1. The first-order valence-electron chi connectivity index (χ1n) is 5.50.